The summed E-state index contributed by atoms with van der Waals surface area (Å²) in [4.78, 5) is 31.3. The average molecular weight is 548 g/mol. The molecule has 200 valence electrons. The molecule has 0 aliphatic carbocycles. The van der Waals surface area contributed by atoms with E-state index < -0.39 is 0 Å². The molecule has 0 radical (unpaired) electrons. The molecule has 3 aromatic carbocycles. The van der Waals surface area contributed by atoms with Crippen LogP contribution < -0.4 is 4.90 Å². The third-order valence-electron chi connectivity index (χ3n) is 7.33. The number of rotatable bonds is 8. The fraction of sp³-hybridized carbons (Fsp3) is 0.212. The second kappa shape index (κ2) is 11.9. The highest BCUT2D eigenvalue weighted by atomic mass is 35.5. The molecule has 6 rings (SSSR count). The monoisotopic (exact) mass is 547 g/mol. The summed E-state index contributed by atoms with van der Waals surface area (Å²) >= 11 is 6.05. The lowest BCUT2D eigenvalue weighted by Crippen LogP contribution is -2.46. The maximum atomic E-state index is 12.6. The van der Waals surface area contributed by atoms with Gasteiger partial charge in [0, 0.05) is 63.0 Å². The highest BCUT2D eigenvalue weighted by molar-refractivity contribution is 6.30. The number of pyridine rings is 1. The van der Waals surface area contributed by atoms with Crippen LogP contribution >= 0.6 is 11.6 Å². The molecule has 1 aliphatic rings. The molecule has 40 heavy (non-hydrogen) atoms. The van der Waals surface area contributed by atoms with E-state index in [1.807, 2.05) is 67.1 Å². The number of ketones is 1. The number of anilines is 1. The summed E-state index contributed by atoms with van der Waals surface area (Å²) < 4.78 is 0. The molecule has 0 saturated carbocycles. The fourth-order valence-electron chi connectivity index (χ4n) is 5.20. The Morgan fingerprint density at radius 1 is 0.750 bits per heavy atom. The van der Waals surface area contributed by atoms with Crippen molar-refractivity contribution in [2.45, 2.75) is 19.4 Å². The van der Waals surface area contributed by atoms with Crippen LogP contribution in [0.2, 0.25) is 5.02 Å². The van der Waals surface area contributed by atoms with Crippen molar-refractivity contribution in [1.29, 1.82) is 0 Å². The lowest BCUT2D eigenvalue weighted by molar-refractivity contribution is -0.117. The number of halogens is 1. The quantitative estimate of drug-likeness (QED) is 0.237. The van der Waals surface area contributed by atoms with Gasteiger partial charge in [0.05, 0.1) is 17.2 Å². The molecule has 6 nitrogen and oxygen atoms in total. The second-order valence-electron chi connectivity index (χ2n) is 10.3. The first-order chi connectivity index (χ1) is 19.6. The fourth-order valence-corrected chi connectivity index (χ4v) is 5.41. The van der Waals surface area contributed by atoms with Gasteiger partial charge in [0.15, 0.2) is 0 Å². The summed E-state index contributed by atoms with van der Waals surface area (Å²) in [6.45, 7) is 4.70. The van der Waals surface area contributed by atoms with Crippen molar-refractivity contribution in [3.05, 3.63) is 119 Å². The first kappa shape index (κ1) is 26.1. The number of aromatic nitrogens is 3. The predicted molar refractivity (Wildman–Crippen MR) is 161 cm³/mol. The van der Waals surface area contributed by atoms with E-state index in [4.69, 9.17) is 21.6 Å². The van der Waals surface area contributed by atoms with Crippen molar-refractivity contribution in [3.63, 3.8) is 0 Å². The molecule has 0 amide bonds. The van der Waals surface area contributed by atoms with Crippen LogP contribution in [-0.2, 0) is 24.2 Å². The van der Waals surface area contributed by atoms with Gasteiger partial charge in [-0.05, 0) is 58.1 Å². The van der Waals surface area contributed by atoms with Crippen molar-refractivity contribution >= 4 is 34.2 Å². The molecule has 3 heterocycles. The Morgan fingerprint density at radius 2 is 1.52 bits per heavy atom. The van der Waals surface area contributed by atoms with Crippen LogP contribution in [0.15, 0.2) is 97.5 Å². The highest BCUT2D eigenvalue weighted by Crippen LogP contribution is 2.25. The van der Waals surface area contributed by atoms with E-state index in [0.29, 0.717) is 17.9 Å². The smallest absolute Gasteiger partial charge is 0.147 e. The summed E-state index contributed by atoms with van der Waals surface area (Å²) in [6, 6.07) is 26.0. The summed E-state index contributed by atoms with van der Waals surface area (Å²) in [6.07, 6.45) is 6.42. The van der Waals surface area contributed by atoms with Crippen LogP contribution in [0.4, 0.5) is 5.82 Å². The van der Waals surface area contributed by atoms with E-state index in [2.05, 4.69) is 45.1 Å². The molecule has 0 N–H and O–H groups in total. The molecule has 0 unspecified atom stereocenters. The summed E-state index contributed by atoms with van der Waals surface area (Å²) in [5.41, 5.74) is 7.12. The van der Waals surface area contributed by atoms with Gasteiger partial charge < -0.3 is 4.90 Å². The zero-order valence-corrected chi connectivity index (χ0v) is 23.0. The number of nitrogens with zero attached hydrogens (tertiary/aromatic N) is 5. The number of fused-ring (bicyclic) bond motifs is 1. The van der Waals surface area contributed by atoms with E-state index in [0.717, 1.165) is 71.8 Å². The summed E-state index contributed by atoms with van der Waals surface area (Å²) in [5.74, 6) is 1.08. The van der Waals surface area contributed by atoms with Gasteiger partial charge in [-0.25, -0.2) is 4.98 Å². The number of Topliss-reactive ketones (excluding diaryl/α,β-unsaturated/α-hetero) is 1. The van der Waals surface area contributed by atoms with Crippen molar-refractivity contribution in [3.8, 4) is 11.1 Å². The van der Waals surface area contributed by atoms with E-state index >= 15 is 0 Å². The minimum atomic E-state index is 0.168. The van der Waals surface area contributed by atoms with E-state index in [-0.39, 0.29) is 5.78 Å². The molecule has 1 fully saturated rings. The molecule has 2 aromatic heterocycles. The zero-order valence-electron chi connectivity index (χ0n) is 22.2. The highest BCUT2D eigenvalue weighted by Gasteiger charge is 2.19. The van der Waals surface area contributed by atoms with Gasteiger partial charge in [0.25, 0.3) is 0 Å². The molecular formula is C33H30ClN5O. The van der Waals surface area contributed by atoms with E-state index in [9.17, 15) is 4.79 Å². The SMILES string of the molecule is O=C(Cc1ccc(-c2ccc3ncc(N4CCN(Cc5cccnc5)CC4)nc3c2)cc1)Cc1cccc(Cl)c1. The van der Waals surface area contributed by atoms with Crippen LogP contribution in [-0.4, -0.2) is 51.8 Å². The Balaban J connectivity index is 1.10. The molecule has 0 atom stereocenters. The largest absolute Gasteiger partial charge is 0.353 e. The van der Waals surface area contributed by atoms with Gasteiger partial charge >= 0.3 is 0 Å². The average Bonchev–Trinajstić information content (AvgIpc) is 2.98. The van der Waals surface area contributed by atoms with Crippen molar-refractivity contribution < 1.29 is 4.79 Å². The second-order valence-corrected chi connectivity index (χ2v) is 10.7. The van der Waals surface area contributed by atoms with E-state index in [1.54, 1.807) is 0 Å². The van der Waals surface area contributed by atoms with E-state index in [1.165, 1.54) is 5.56 Å². The maximum absolute atomic E-state index is 12.6. The molecule has 7 heteroatoms. The minimum absolute atomic E-state index is 0.168. The third kappa shape index (κ3) is 6.36. The van der Waals surface area contributed by atoms with Crippen LogP contribution in [0.25, 0.3) is 22.2 Å². The lowest BCUT2D eigenvalue weighted by atomic mass is 9.99. The topological polar surface area (TPSA) is 62.2 Å². The van der Waals surface area contributed by atoms with Gasteiger partial charge in [-0.3, -0.25) is 19.7 Å². The molecule has 1 saturated heterocycles. The van der Waals surface area contributed by atoms with Crippen LogP contribution in [0.3, 0.4) is 0 Å². The number of hydrogen-bond donors (Lipinski definition) is 0. The number of carbonyl (C=O) groups is 1. The Hall–Kier alpha value is -4.13. The molecular weight excluding hydrogens is 518 g/mol. The molecule has 0 bridgehead atoms. The standard InChI is InChI=1S/C33H30ClN5O/c34-29-5-1-3-25(17-29)19-30(40)18-24-6-8-27(9-7-24)28-10-11-31-32(20-28)37-33(22-36-31)39-15-13-38(14-16-39)23-26-4-2-12-35-21-26/h1-12,17,20-22H,13-16,18-19,23H2. The first-order valence-electron chi connectivity index (χ1n) is 13.6. The van der Waals surface area contributed by atoms with Crippen molar-refractivity contribution in [2.24, 2.45) is 0 Å². The van der Waals surface area contributed by atoms with Crippen LogP contribution in [0, 0.1) is 0 Å². The Morgan fingerprint density at radius 3 is 2.30 bits per heavy atom. The van der Waals surface area contributed by atoms with Gasteiger partial charge in [-0.15, -0.1) is 0 Å². The van der Waals surface area contributed by atoms with Gasteiger partial charge in [-0.2, -0.15) is 0 Å². The Kier molecular flexibility index (Phi) is 7.80. The maximum Gasteiger partial charge on any atom is 0.147 e. The summed E-state index contributed by atoms with van der Waals surface area (Å²) in [5, 5.41) is 0.654. The zero-order chi connectivity index (χ0) is 27.3. The molecule has 5 aromatic rings. The Bertz CT molecular complexity index is 1620. The number of carbonyl (C=O) groups excluding carboxylic acids is 1. The number of piperazine rings is 1. The molecule has 0 spiro atoms. The number of hydrogen-bond acceptors (Lipinski definition) is 6. The van der Waals surface area contributed by atoms with Crippen molar-refractivity contribution in [1.82, 2.24) is 19.9 Å². The molecule has 1 aliphatic heterocycles. The predicted octanol–water partition coefficient (Wildman–Crippen LogP) is 6.02. The minimum Gasteiger partial charge on any atom is -0.353 e. The lowest BCUT2D eigenvalue weighted by Gasteiger charge is -2.35. The third-order valence-corrected chi connectivity index (χ3v) is 7.57. The number of benzene rings is 3. The van der Waals surface area contributed by atoms with Gasteiger partial charge in [0.1, 0.15) is 11.6 Å². The van der Waals surface area contributed by atoms with Gasteiger partial charge in [0.2, 0.25) is 0 Å². The van der Waals surface area contributed by atoms with Crippen LogP contribution in [0.1, 0.15) is 16.7 Å². The van der Waals surface area contributed by atoms with Crippen molar-refractivity contribution in [2.75, 3.05) is 31.1 Å². The normalized spacial score (nSPS) is 14.0. The Labute approximate surface area is 239 Å². The van der Waals surface area contributed by atoms with Gasteiger partial charge in [-0.1, -0.05) is 60.1 Å². The van der Waals surface area contributed by atoms with Crippen LogP contribution in [0.5, 0.6) is 0 Å². The first-order valence-corrected chi connectivity index (χ1v) is 14.0. The summed E-state index contributed by atoms with van der Waals surface area (Å²) in [7, 11) is 0.